The summed E-state index contributed by atoms with van der Waals surface area (Å²) in [7, 11) is 1.60. The van der Waals surface area contributed by atoms with Crippen LogP contribution in [0.1, 0.15) is 32.9 Å². The molecule has 0 spiro atoms. The number of pyridine rings is 1. The molecule has 1 aliphatic heterocycles. The SMILES string of the molecule is COc1ccc2[nH]nc(C(=O)NCc3c(C)ncc4c3CCNC4)c2c1. The number of nitrogens with one attached hydrogen (secondary N) is 3. The second-order valence-electron chi connectivity index (χ2n) is 6.42. The second-order valence-corrected chi connectivity index (χ2v) is 6.42. The molecule has 1 amide bonds. The van der Waals surface area contributed by atoms with Crippen LogP contribution >= 0.6 is 0 Å². The van der Waals surface area contributed by atoms with Crippen molar-refractivity contribution in [1.82, 2.24) is 25.8 Å². The smallest absolute Gasteiger partial charge is 0.272 e. The van der Waals surface area contributed by atoms with E-state index in [1.54, 1.807) is 7.11 Å². The third kappa shape index (κ3) is 2.90. The van der Waals surface area contributed by atoms with E-state index >= 15 is 0 Å². The number of rotatable bonds is 4. The maximum Gasteiger partial charge on any atom is 0.272 e. The van der Waals surface area contributed by atoms with Crippen molar-refractivity contribution < 1.29 is 9.53 Å². The molecule has 0 fully saturated rings. The van der Waals surface area contributed by atoms with Crippen molar-refractivity contribution in [2.45, 2.75) is 26.4 Å². The number of aromatic amines is 1. The Morgan fingerprint density at radius 3 is 3.12 bits per heavy atom. The number of fused-ring (bicyclic) bond motifs is 2. The van der Waals surface area contributed by atoms with Gasteiger partial charge in [0.2, 0.25) is 0 Å². The molecule has 0 bridgehead atoms. The maximum absolute atomic E-state index is 12.7. The number of nitrogens with zero attached hydrogens (tertiary/aromatic N) is 2. The second kappa shape index (κ2) is 6.76. The molecule has 7 heteroatoms. The molecular formula is C19H21N5O2. The highest BCUT2D eigenvalue weighted by molar-refractivity contribution is 6.05. The molecule has 3 heterocycles. The van der Waals surface area contributed by atoms with Gasteiger partial charge in [-0.05, 0) is 54.8 Å². The van der Waals surface area contributed by atoms with E-state index in [0.29, 0.717) is 18.0 Å². The minimum Gasteiger partial charge on any atom is -0.497 e. The molecule has 0 unspecified atom stereocenters. The monoisotopic (exact) mass is 351 g/mol. The van der Waals surface area contributed by atoms with Gasteiger partial charge in [-0.2, -0.15) is 5.10 Å². The molecule has 0 aliphatic carbocycles. The Morgan fingerprint density at radius 1 is 1.38 bits per heavy atom. The summed E-state index contributed by atoms with van der Waals surface area (Å²) in [6.45, 7) is 4.20. The predicted octanol–water partition coefficient (Wildman–Crippen LogP) is 1.85. The number of carbonyl (C=O) groups is 1. The predicted molar refractivity (Wildman–Crippen MR) is 98.2 cm³/mol. The first-order chi connectivity index (χ1) is 12.7. The normalized spacial score (nSPS) is 13.5. The van der Waals surface area contributed by atoms with Crippen molar-refractivity contribution in [3.63, 3.8) is 0 Å². The van der Waals surface area contributed by atoms with Gasteiger partial charge in [0.05, 0.1) is 12.6 Å². The van der Waals surface area contributed by atoms with E-state index in [1.807, 2.05) is 31.3 Å². The Morgan fingerprint density at radius 2 is 2.27 bits per heavy atom. The van der Waals surface area contributed by atoms with Gasteiger partial charge in [0, 0.05) is 30.4 Å². The molecule has 0 radical (unpaired) electrons. The van der Waals surface area contributed by atoms with Crippen molar-refractivity contribution in [3.8, 4) is 5.75 Å². The lowest BCUT2D eigenvalue weighted by Gasteiger charge is -2.21. The fraction of sp³-hybridized carbons (Fsp3) is 0.316. The van der Waals surface area contributed by atoms with Gasteiger partial charge >= 0.3 is 0 Å². The lowest BCUT2D eigenvalue weighted by molar-refractivity contribution is 0.0947. The van der Waals surface area contributed by atoms with Crippen LogP contribution in [0.15, 0.2) is 24.4 Å². The first-order valence-corrected chi connectivity index (χ1v) is 8.64. The highest BCUT2D eigenvalue weighted by Gasteiger charge is 2.18. The number of methoxy groups -OCH3 is 1. The van der Waals surface area contributed by atoms with Crippen LogP contribution in [0, 0.1) is 6.92 Å². The van der Waals surface area contributed by atoms with E-state index in [2.05, 4.69) is 25.8 Å². The molecule has 134 valence electrons. The van der Waals surface area contributed by atoms with Gasteiger partial charge in [0.25, 0.3) is 5.91 Å². The number of amides is 1. The average molecular weight is 351 g/mol. The first kappa shape index (κ1) is 16.5. The summed E-state index contributed by atoms with van der Waals surface area (Å²) >= 11 is 0. The largest absolute Gasteiger partial charge is 0.497 e. The van der Waals surface area contributed by atoms with Crippen molar-refractivity contribution >= 4 is 16.8 Å². The van der Waals surface area contributed by atoms with Gasteiger partial charge in [-0.15, -0.1) is 0 Å². The molecule has 1 aliphatic rings. The highest BCUT2D eigenvalue weighted by Crippen LogP contribution is 2.23. The molecule has 3 aromatic rings. The average Bonchev–Trinajstić information content (AvgIpc) is 3.10. The Hall–Kier alpha value is -2.93. The lowest BCUT2D eigenvalue weighted by atomic mass is 9.96. The van der Waals surface area contributed by atoms with Crippen LogP contribution in [-0.4, -0.2) is 34.7 Å². The van der Waals surface area contributed by atoms with Crippen molar-refractivity contribution in [3.05, 3.63) is 52.5 Å². The van der Waals surface area contributed by atoms with Crippen LogP contribution < -0.4 is 15.4 Å². The van der Waals surface area contributed by atoms with Crippen LogP contribution in [0.5, 0.6) is 5.75 Å². The van der Waals surface area contributed by atoms with Crippen LogP contribution in [-0.2, 0) is 19.5 Å². The summed E-state index contributed by atoms with van der Waals surface area (Å²) in [4.78, 5) is 17.2. The molecule has 4 rings (SSSR count). The number of ether oxygens (including phenoxy) is 1. The molecule has 1 aromatic carbocycles. The van der Waals surface area contributed by atoms with E-state index in [-0.39, 0.29) is 5.91 Å². The molecule has 26 heavy (non-hydrogen) atoms. The number of aromatic nitrogens is 3. The van der Waals surface area contributed by atoms with Gasteiger partial charge < -0.3 is 15.4 Å². The number of carbonyl (C=O) groups excluding carboxylic acids is 1. The van der Waals surface area contributed by atoms with E-state index in [9.17, 15) is 4.79 Å². The van der Waals surface area contributed by atoms with Gasteiger partial charge in [0.15, 0.2) is 5.69 Å². The van der Waals surface area contributed by atoms with Crippen LogP contribution in [0.25, 0.3) is 10.9 Å². The summed E-state index contributed by atoms with van der Waals surface area (Å²) in [6.07, 6.45) is 2.88. The topological polar surface area (TPSA) is 91.9 Å². The lowest BCUT2D eigenvalue weighted by Crippen LogP contribution is -2.29. The summed E-state index contributed by atoms with van der Waals surface area (Å²) in [5, 5.41) is 14.2. The number of hydrogen-bond acceptors (Lipinski definition) is 5. The quantitative estimate of drug-likeness (QED) is 0.667. The Kier molecular flexibility index (Phi) is 4.30. The number of hydrogen-bond donors (Lipinski definition) is 3. The molecular weight excluding hydrogens is 330 g/mol. The fourth-order valence-corrected chi connectivity index (χ4v) is 3.42. The maximum atomic E-state index is 12.7. The van der Waals surface area contributed by atoms with E-state index in [4.69, 9.17) is 4.74 Å². The molecule has 0 saturated heterocycles. The van der Waals surface area contributed by atoms with Crippen LogP contribution in [0.2, 0.25) is 0 Å². The number of benzene rings is 1. The zero-order valence-corrected chi connectivity index (χ0v) is 14.8. The summed E-state index contributed by atoms with van der Waals surface area (Å²) in [5.41, 5.74) is 5.74. The van der Waals surface area contributed by atoms with Gasteiger partial charge in [-0.1, -0.05) is 0 Å². The highest BCUT2D eigenvalue weighted by atomic mass is 16.5. The van der Waals surface area contributed by atoms with Gasteiger partial charge in [-0.25, -0.2) is 0 Å². The van der Waals surface area contributed by atoms with Crippen molar-refractivity contribution in [1.29, 1.82) is 0 Å². The number of H-pyrrole nitrogens is 1. The third-order valence-corrected chi connectivity index (χ3v) is 4.88. The summed E-state index contributed by atoms with van der Waals surface area (Å²) < 4.78 is 5.25. The Bertz CT molecular complexity index is 979. The van der Waals surface area contributed by atoms with Crippen molar-refractivity contribution in [2.75, 3.05) is 13.7 Å². The molecule has 2 aromatic heterocycles. The first-order valence-electron chi connectivity index (χ1n) is 8.64. The molecule has 0 atom stereocenters. The molecule has 3 N–H and O–H groups in total. The van der Waals surface area contributed by atoms with E-state index in [1.165, 1.54) is 11.1 Å². The summed E-state index contributed by atoms with van der Waals surface area (Å²) in [6, 6.07) is 5.50. The molecule has 0 saturated carbocycles. The molecule has 7 nitrogen and oxygen atoms in total. The standard InChI is InChI=1S/C19H21N5O2/c1-11-16(14-5-6-20-8-12(14)9-21-11)10-22-19(25)18-15-7-13(26-2)3-4-17(15)23-24-18/h3-4,7,9,20H,5-6,8,10H2,1-2H3,(H,22,25)(H,23,24). The fourth-order valence-electron chi connectivity index (χ4n) is 3.42. The minimum absolute atomic E-state index is 0.213. The van der Waals surface area contributed by atoms with Gasteiger partial charge in [0.1, 0.15) is 5.75 Å². The number of aryl methyl sites for hydroxylation is 1. The third-order valence-electron chi connectivity index (χ3n) is 4.88. The zero-order valence-electron chi connectivity index (χ0n) is 14.8. The van der Waals surface area contributed by atoms with Crippen LogP contribution in [0.3, 0.4) is 0 Å². The Balaban J connectivity index is 1.58. The Labute approximate surface area is 151 Å². The van der Waals surface area contributed by atoms with Gasteiger partial charge in [-0.3, -0.25) is 14.9 Å². The van der Waals surface area contributed by atoms with E-state index in [0.717, 1.165) is 41.7 Å². The minimum atomic E-state index is -0.213. The zero-order chi connectivity index (χ0) is 18.1. The van der Waals surface area contributed by atoms with E-state index < -0.39 is 0 Å². The van der Waals surface area contributed by atoms with Crippen molar-refractivity contribution in [2.24, 2.45) is 0 Å². The van der Waals surface area contributed by atoms with Crippen LogP contribution in [0.4, 0.5) is 0 Å². The summed E-state index contributed by atoms with van der Waals surface area (Å²) in [5.74, 6) is 0.480.